The third-order valence-corrected chi connectivity index (χ3v) is 1.30. The molecule has 0 radical (unpaired) electrons. The number of ether oxygens (including phenoxy) is 1. The normalized spacial score (nSPS) is 12.6. The van der Waals surface area contributed by atoms with Crippen LogP contribution >= 0.6 is 0 Å². The summed E-state index contributed by atoms with van der Waals surface area (Å²) in [6.07, 6.45) is -0.576. The van der Waals surface area contributed by atoms with Crippen molar-refractivity contribution in [1.29, 1.82) is 0 Å². The number of aromatic nitrogens is 2. The summed E-state index contributed by atoms with van der Waals surface area (Å²) < 4.78 is 4.79. The van der Waals surface area contributed by atoms with Gasteiger partial charge in [-0.3, -0.25) is 0 Å². The molecule has 11 heavy (non-hydrogen) atoms. The van der Waals surface area contributed by atoms with Gasteiger partial charge in [-0.15, -0.1) is 10.2 Å². The second-order valence-corrected chi connectivity index (χ2v) is 2.18. The molecule has 4 heteroatoms. The van der Waals surface area contributed by atoms with Crippen molar-refractivity contribution < 1.29 is 9.84 Å². The van der Waals surface area contributed by atoms with Gasteiger partial charge in [0, 0.05) is 6.07 Å². The van der Waals surface area contributed by atoms with Gasteiger partial charge < -0.3 is 9.84 Å². The molecule has 1 heterocycles. The highest BCUT2D eigenvalue weighted by Crippen LogP contribution is 2.09. The molecule has 1 N–H and O–H groups in total. The van der Waals surface area contributed by atoms with Crippen LogP contribution in [0.3, 0.4) is 0 Å². The molecule has 1 aromatic rings. The summed E-state index contributed by atoms with van der Waals surface area (Å²) >= 11 is 0. The Hall–Kier alpha value is -1.16. The standard InChI is InChI=1S/C7H10N2O2/c1-5(10)6-3-4-7(11-2)9-8-6/h3-5,10H,1-2H3/t5-/m1/s1. The number of rotatable bonds is 2. The van der Waals surface area contributed by atoms with Crippen LogP contribution in [-0.4, -0.2) is 22.4 Å². The van der Waals surface area contributed by atoms with Crippen molar-refractivity contribution in [3.8, 4) is 5.88 Å². The highest BCUT2D eigenvalue weighted by atomic mass is 16.5. The third-order valence-electron chi connectivity index (χ3n) is 1.30. The SMILES string of the molecule is COc1ccc([C@@H](C)O)nn1. The number of nitrogens with zero attached hydrogens (tertiary/aromatic N) is 2. The van der Waals surface area contributed by atoms with Crippen LogP contribution < -0.4 is 4.74 Å². The van der Waals surface area contributed by atoms with Crippen LogP contribution in [0.1, 0.15) is 18.7 Å². The Balaban J connectivity index is 2.83. The lowest BCUT2D eigenvalue weighted by Gasteiger charge is -2.01. The van der Waals surface area contributed by atoms with Gasteiger partial charge >= 0.3 is 0 Å². The topological polar surface area (TPSA) is 55.2 Å². The highest BCUT2D eigenvalue weighted by Gasteiger charge is 2.02. The zero-order valence-corrected chi connectivity index (χ0v) is 6.48. The summed E-state index contributed by atoms with van der Waals surface area (Å²) in [5.74, 6) is 0.453. The van der Waals surface area contributed by atoms with Crippen LogP contribution in [0.5, 0.6) is 5.88 Å². The lowest BCUT2D eigenvalue weighted by molar-refractivity contribution is 0.192. The van der Waals surface area contributed by atoms with Crippen molar-refractivity contribution in [2.45, 2.75) is 13.0 Å². The molecule has 4 nitrogen and oxygen atoms in total. The van der Waals surface area contributed by atoms with E-state index in [1.165, 1.54) is 7.11 Å². The molecular weight excluding hydrogens is 144 g/mol. The van der Waals surface area contributed by atoms with E-state index >= 15 is 0 Å². The Labute approximate surface area is 64.8 Å². The van der Waals surface area contributed by atoms with Crippen molar-refractivity contribution in [1.82, 2.24) is 10.2 Å². The summed E-state index contributed by atoms with van der Waals surface area (Å²) in [6.45, 7) is 1.64. The molecular formula is C7H10N2O2. The Bertz CT molecular complexity index is 220. The van der Waals surface area contributed by atoms with Gasteiger partial charge in [-0.05, 0) is 13.0 Å². The quantitative estimate of drug-likeness (QED) is 0.675. The first-order chi connectivity index (χ1) is 5.24. The molecule has 0 fully saturated rings. The van der Waals surface area contributed by atoms with Gasteiger partial charge in [0.1, 0.15) is 0 Å². The fraction of sp³-hybridized carbons (Fsp3) is 0.429. The van der Waals surface area contributed by atoms with Crippen molar-refractivity contribution in [2.75, 3.05) is 7.11 Å². The molecule has 0 aliphatic rings. The highest BCUT2D eigenvalue weighted by molar-refractivity contribution is 5.12. The molecule has 0 aliphatic carbocycles. The largest absolute Gasteiger partial charge is 0.480 e. The molecule has 0 unspecified atom stereocenters. The average Bonchev–Trinajstić information content (AvgIpc) is 2.05. The molecule has 1 rings (SSSR count). The van der Waals surface area contributed by atoms with Gasteiger partial charge in [-0.25, -0.2) is 0 Å². The first-order valence-corrected chi connectivity index (χ1v) is 3.29. The number of aliphatic hydroxyl groups is 1. The molecule has 0 amide bonds. The lowest BCUT2D eigenvalue weighted by Crippen LogP contribution is -1.98. The molecule has 60 valence electrons. The minimum absolute atomic E-state index is 0.453. The van der Waals surface area contributed by atoms with E-state index in [4.69, 9.17) is 9.84 Å². The molecule has 0 bridgehead atoms. The lowest BCUT2D eigenvalue weighted by atomic mass is 10.3. The maximum Gasteiger partial charge on any atom is 0.233 e. The summed E-state index contributed by atoms with van der Waals surface area (Å²) in [5, 5.41) is 16.5. The van der Waals surface area contributed by atoms with Gasteiger partial charge in [0.15, 0.2) is 0 Å². The predicted octanol–water partition coefficient (Wildman–Crippen LogP) is 0.538. The van der Waals surface area contributed by atoms with Crippen LogP contribution in [0.25, 0.3) is 0 Å². The number of hydrogen-bond donors (Lipinski definition) is 1. The van der Waals surface area contributed by atoms with Crippen LogP contribution in [-0.2, 0) is 0 Å². The second kappa shape index (κ2) is 3.30. The van der Waals surface area contributed by atoms with Gasteiger partial charge in [0.05, 0.1) is 18.9 Å². The number of aliphatic hydroxyl groups excluding tert-OH is 1. The van der Waals surface area contributed by atoms with E-state index in [9.17, 15) is 0 Å². The number of methoxy groups -OCH3 is 1. The van der Waals surface area contributed by atoms with Gasteiger partial charge in [-0.1, -0.05) is 0 Å². The van der Waals surface area contributed by atoms with E-state index < -0.39 is 6.10 Å². The Morgan fingerprint density at radius 2 is 2.18 bits per heavy atom. The fourth-order valence-corrected chi connectivity index (χ4v) is 0.662. The average molecular weight is 154 g/mol. The van der Waals surface area contributed by atoms with Crippen molar-refractivity contribution >= 4 is 0 Å². The zero-order chi connectivity index (χ0) is 8.27. The van der Waals surface area contributed by atoms with Crippen LogP contribution in [0.2, 0.25) is 0 Å². The smallest absolute Gasteiger partial charge is 0.233 e. The fourth-order valence-electron chi connectivity index (χ4n) is 0.662. The van der Waals surface area contributed by atoms with Gasteiger partial charge in [-0.2, -0.15) is 0 Å². The van der Waals surface area contributed by atoms with Crippen molar-refractivity contribution in [3.05, 3.63) is 17.8 Å². The molecule has 1 atom stereocenters. The summed E-state index contributed by atoms with van der Waals surface area (Å²) in [6, 6.07) is 3.34. The summed E-state index contributed by atoms with van der Waals surface area (Å²) in [4.78, 5) is 0. The van der Waals surface area contributed by atoms with E-state index in [1.54, 1.807) is 19.1 Å². The van der Waals surface area contributed by atoms with E-state index in [0.717, 1.165) is 0 Å². The minimum atomic E-state index is -0.576. The second-order valence-electron chi connectivity index (χ2n) is 2.18. The van der Waals surface area contributed by atoms with Crippen LogP contribution in [0.15, 0.2) is 12.1 Å². The van der Waals surface area contributed by atoms with Crippen molar-refractivity contribution in [3.63, 3.8) is 0 Å². The van der Waals surface area contributed by atoms with Gasteiger partial charge in [0.25, 0.3) is 0 Å². The Morgan fingerprint density at radius 3 is 2.55 bits per heavy atom. The minimum Gasteiger partial charge on any atom is -0.480 e. The van der Waals surface area contributed by atoms with Crippen LogP contribution in [0.4, 0.5) is 0 Å². The maximum atomic E-state index is 9.04. The zero-order valence-electron chi connectivity index (χ0n) is 6.48. The molecule has 0 spiro atoms. The third kappa shape index (κ3) is 1.88. The molecule has 0 saturated heterocycles. The van der Waals surface area contributed by atoms with Crippen LogP contribution in [0, 0.1) is 0 Å². The monoisotopic (exact) mass is 154 g/mol. The molecule has 0 aliphatic heterocycles. The van der Waals surface area contributed by atoms with E-state index in [-0.39, 0.29) is 0 Å². The number of hydrogen-bond acceptors (Lipinski definition) is 4. The van der Waals surface area contributed by atoms with Crippen molar-refractivity contribution in [2.24, 2.45) is 0 Å². The summed E-state index contributed by atoms with van der Waals surface area (Å²) in [5.41, 5.74) is 0.547. The predicted molar refractivity (Wildman–Crippen MR) is 39.2 cm³/mol. The summed E-state index contributed by atoms with van der Waals surface area (Å²) in [7, 11) is 1.52. The Morgan fingerprint density at radius 1 is 1.45 bits per heavy atom. The maximum absolute atomic E-state index is 9.04. The van der Waals surface area contributed by atoms with E-state index in [2.05, 4.69) is 10.2 Å². The Kier molecular flexibility index (Phi) is 2.38. The molecule has 0 saturated carbocycles. The molecule has 0 aromatic carbocycles. The molecule has 1 aromatic heterocycles. The van der Waals surface area contributed by atoms with E-state index in [1.807, 2.05) is 0 Å². The first-order valence-electron chi connectivity index (χ1n) is 3.29. The first kappa shape index (κ1) is 7.94. The van der Waals surface area contributed by atoms with Gasteiger partial charge in [0.2, 0.25) is 5.88 Å². The van der Waals surface area contributed by atoms with E-state index in [0.29, 0.717) is 11.6 Å².